The molecule has 1 fully saturated rings. The average Bonchev–Trinajstić information content (AvgIpc) is 3.01. The number of H-pyrrole nitrogens is 1. The normalized spacial score (nSPS) is 15.3. The summed E-state index contributed by atoms with van der Waals surface area (Å²) in [5, 5.41) is 2.03. The van der Waals surface area contributed by atoms with E-state index in [1.807, 2.05) is 12.3 Å². The van der Waals surface area contributed by atoms with Crippen LogP contribution < -0.4 is 5.56 Å². The van der Waals surface area contributed by atoms with Crippen LogP contribution in [0.4, 0.5) is 0 Å². The number of nitrogens with one attached hydrogen (secondary N) is 1. The summed E-state index contributed by atoms with van der Waals surface area (Å²) in [7, 11) is 0. The zero-order chi connectivity index (χ0) is 11.1. The van der Waals surface area contributed by atoms with Crippen molar-refractivity contribution in [2.45, 2.75) is 25.7 Å². The number of rotatable bonds is 2. The number of aromatic nitrogens is 2. The Labute approximate surface area is 97.2 Å². The van der Waals surface area contributed by atoms with E-state index in [0.717, 1.165) is 29.2 Å². The summed E-state index contributed by atoms with van der Waals surface area (Å²) in [4.78, 5) is 20.0. The van der Waals surface area contributed by atoms with Crippen molar-refractivity contribution in [1.82, 2.24) is 9.97 Å². The third-order valence-electron chi connectivity index (χ3n) is 2.82. The van der Waals surface area contributed by atoms with Gasteiger partial charge in [-0.1, -0.05) is 0 Å². The van der Waals surface area contributed by atoms with Crippen LogP contribution in [0, 0.1) is 6.92 Å². The summed E-state index contributed by atoms with van der Waals surface area (Å²) in [5.74, 6) is 1.34. The number of nitrogens with zero attached hydrogens (tertiary/aromatic N) is 1. The molecule has 2 aromatic rings. The fourth-order valence-corrected chi connectivity index (χ4v) is 2.67. The molecular weight excluding hydrogens is 220 g/mol. The van der Waals surface area contributed by atoms with Gasteiger partial charge in [0.15, 0.2) is 0 Å². The van der Waals surface area contributed by atoms with Gasteiger partial charge in [-0.2, -0.15) is 0 Å². The van der Waals surface area contributed by atoms with Crippen molar-refractivity contribution in [2.24, 2.45) is 0 Å². The summed E-state index contributed by atoms with van der Waals surface area (Å²) in [5.41, 5.74) is 1.96. The number of thiophene rings is 1. The zero-order valence-corrected chi connectivity index (χ0v) is 9.80. The van der Waals surface area contributed by atoms with E-state index in [1.165, 1.54) is 5.56 Å². The lowest BCUT2D eigenvalue weighted by atomic mass is 10.2. The first kappa shape index (κ1) is 9.78. The van der Waals surface area contributed by atoms with Crippen molar-refractivity contribution >= 4 is 11.3 Å². The lowest BCUT2D eigenvalue weighted by Gasteiger charge is -2.02. The summed E-state index contributed by atoms with van der Waals surface area (Å²) < 4.78 is 0. The third-order valence-corrected chi connectivity index (χ3v) is 3.86. The topological polar surface area (TPSA) is 45.8 Å². The van der Waals surface area contributed by atoms with Crippen LogP contribution in [-0.4, -0.2) is 9.97 Å². The molecule has 0 bridgehead atoms. The summed E-state index contributed by atoms with van der Waals surface area (Å²) in [6.07, 6.45) is 2.30. The number of hydrogen-bond acceptors (Lipinski definition) is 3. The van der Waals surface area contributed by atoms with Gasteiger partial charge < -0.3 is 4.98 Å². The summed E-state index contributed by atoms with van der Waals surface area (Å²) >= 11 is 1.64. The molecule has 0 saturated heterocycles. The monoisotopic (exact) mass is 232 g/mol. The van der Waals surface area contributed by atoms with Gasteiger partial charge in [0.25, 0.3) is 5.56 Å². The molecule has 2 heterocycles. The molecule has 2 aromatic heterocycles. The Balaban J connectivity index is 2.13. The van der Waals surface area contributed by atoms with Gasteiger partial charge in [-0.3, -0.25) is 4.79 Å². The van der Waals surface area contributed by atoms with Gasteiger partial charge in [0.1, 0.15) is 5.82 Å². The Hall–Kier alpha value is -1.42. The molecule has 0 aromatic carbocycles. The van der Waals surface area contributed by atoms with Crippen LogP contribution in [0.1, 0.15) is 30.1 Å². The van der Waals surface area contributed by atoms with E-state index in [1.54, 1.807) is 17.4 Å². The molecule has 3 nitrogen and oxygen atoms in total. The van der Waals surface area contributed by atoms with E-state index in [4.69, 9.17) is 0 Å². The molecule has 1 N–H and O–H groups in total. The minimum absolute atomic E-state index is 0.0419. The van der Waals surface area contributed by atoms with E-state index in [-0.39, 0.29) is 5.56 Å². The Morgan fingerprint density at radius 1 is 1.50 bits per heavy atom. The molecular formula is C12H12N2OS. The summed E-state index contributed by atoms with van der Waals surface area (Å²) in [6.45, 7) is 2.05. The van der Waals surface area contributed by atoms with Crippen LogP contribution in [0.2, 0.25) is 0 Å². The van der Waals surface area contributed by atoms with Crippen LogP contribution in [0.15, 0.2) is 22.3 Å². The van der Waals surface area contributed by atoms with E-state index in [2.05, 4.69) is 16.0 Å². The van der Waals surface area contributed by atoms with Crippen molar-refractivity contribution in [1.29, 1.82) is 0 Å². The predicted octanol–water partition coefficient (Wildman–Crippen LogP) is 2.68. The van der Waals surface area contributed by atoms with Crippen molar-refractivity contribution in [2.75, 3.05) is 0 Å². The molecule has 1 saturated carbocycles. The van der Waals surface area contributed by atoms with Crippen LogP contribution in [0.25, 0.3) is 10.6 Å². The largest absolute Gasteiger partial charge is 0.310 e. The Morgan fingerprint density at radius 3 is 2.94 bits per heavy atom. The van der Waals surface area contributed by atoms with Crippen LogP contribution in [-0.2, 0) is 0 Å². The van der Waals surface area contributed by atoms with Gasteiger partial charge in [0, 0.05) is 12.0 Å². The minimum Gasteiger partial charge on any atom is -0.310 e. The van der Waals surface area contributed by atoms with Crippen molar-refractivity contribution < 1.29 is 0 Å². The molecule has 0 aliphatic heterocycles. The van der Waals surface area contributed by atoms with Gasteiger partial charge in [0.05, 0.1) is 10.6 Å². The molecule has 0 atom stereocenters. The molecule has 4 heteroatoms. The Kier molecular flexibility index (Phi) is 2.17. The molecule has 0 spiro atoms. The Bertz CT molecular complexity index is 581. The maximum atomic E-state index is 11.6. The first-order valence-electron chi connectivity index (χ1n) is 5.40. The minimum atomic E-state index is -0.0419. The third kappa shape index (κ3) is 1.69. The van der Waals surface area contributed by atoms with Crippen molar-refractivity contribution in [3.05, 3.63) is 39.3 Å². The predicted molar refractivity (Wildman–Crippen MR) is 64.9 cm³/mol. The number of hydrogen-bond donors (Lipinski definition) is 1. The summed E-state index contributed by atoms with van der Waals surface area (Å²) in [6, 6.07) is 3.64. The molecule has 82 valence electrons. The molecule has 0 amide bonds. The highest BCUT2D eigenvalue weighted by atomic mass is 32.1. The fourth-order valence-electron chi connectivity index (χ4n) is 1.78. The van der Waals surface area contributed by atoms with Crippen LogP contribution in [0.5, 0.6) is 0 Å². The second-order valence-corrected chi connectivity index (χ2v) is 5.14. The quantitative estimate of drug-likeness (QED) is 0.865. The lowest BCUT2D eigenvalue weighted by molar-refractivity contribution is 0.913. The van der Waals surface area contributed by atoms with Crippen molar-refractivity contribution in [3.63, 3.8) is 0 Å². The van der Waals surface area contributed by atoms with Crippen LogP contribution >= 0.6 is 11.3 Å². The SMILES string of the molecule is Cc1ccsc1-c1cc(=O)[nH]c(C2CC2)n1. The molecule has 3 rings (SSSR count). The Morgan fingerprint density at radius 2 is 2.31 bits per heavy atom. The lowest BCUT2D eigenvalue weighted by Crippen LogP contribution is -2.10. The molecule has 1 aliphatic carbocycles. The maximum Gasteiger partial charge on any atom is 0.251 e. The van der Waals surface area contributed by atoms with E-state index < -0.39 is 0 Å². The maximum absolute atomic E-state index is 11.6. The zero-order valence-electron chi connectivity index (χ0n) is 8.99. The highest BCUT2D eigenvalue weighted by molar-refractivity contribution is 7.13. The number of aromatic amines is 1. The average molecular weight is 232 g/mol. The van der Waals surface area contributed by atoms with E-state index in [9.17, 15) is 4.79 Å². The highest BCUT2D eigenvalue weighted by Gasteiger charge is 2.26. The molecule has 1 aliphatic rings. The molecule has 16 heavy (non-hydrogen) atoms. The highest BCUT2D eigenvalue weighted by Crippen LogP contribution is 2.38. The molecule has 0 unspecified atom stereocenters. The van der Waals surface area contributed by atoms with Gasteiger partial charge in [-0.15, -0.1) is 11.3 Å². The second kappa shape index (κ2) is 3.56. The number of aryl methyl sites for hydroxylation is 1. The van der Waals surface area contributed by atoms with Crippen LogP contribution in [0.3, 0.4) is 0 Å². The molecule has 0 radical (unpaired) electrons. The second-order valence-electron chi connectivity index (χ2n) is 4.22. The van der Waals surface area contributed by atoms with Gasteiger partial charge in [0.2, 0.25) is 0 Å². The standard InChI is InChI=1S/C12H12N2OS/c1-7-4-5-16-11(7)9-6-10(15)14-12(13-9)8-2-3-8/h4-6,8H,2-3H2,1H3,(H,13,14,15). The first-order chi connectivity index (χ1) is 7.74. The van der Waals surface area contributed by atoms with E-state index in [0.29, 0.717) is 5.92 Å². The smallest absolute Gasteiger partial charge is 0.251 e. The first-order valence-corrected chi connectivity index (χ1v) is 6.28. The fraction of sp³-hybridized carbons (Fsp3) is 0.333. The van der Waals surface area contributed by atoms with Gasteiger partial charge in [-0.25, -0.2) is 4.98 Å². The van der Waals surface area contributed by atoms with Gasteiger partial charge >= 0.3 is 0 Å². The van der Waals surface area contributed by atoms with Crippen molar-refractivity contribution in [3.8, 4) is 10.6 Å². The van der Waals surface area contributed by atoms with E-state index >= 15 is 0 Å². The van der Waals surface area contributed by atoms with Gasteiger partial charge in [-0.05, 0) is 36.8 Å².